The number of thioether (sulfide) groups is 2. The molecule has 0 radical (unpaired) electrons. The number of hydrogen-bond acceptors (Lipinski definition) is 6. The van der Waals surface area contributed by atoms with Crippen molar-refractivity contribution in [1.82, 2.24) is 4.98 Å². The molecule has 0 saturated carbocycles. The highest BCUT2D eigenvalue weighted by atomic mass is 32.2. The minimum atomic E-state index is 0.0255. The minimum Gasteiger partial charge on any atom is -0.377 e. The van der Waals surface area contributed by atoms with Gasteiger partial charge in [0.1, 0.15) is 0 Å². The van der Waals surface area contributed by atoms with Crippen molar-refractivity contribution in [2.24, 2.45) is 5.41 Å². The van der Waals surface area contributed by atoms with Gasteiger partial charge in [0.05, 0.1) is 23.4 Å². The predicted octanol–water partition coefficient (Wildman–Crippen LogP) is 10.8. The van der Waals surface area contributed by atoms with E-state index in [2.05, 4.69) is 104 Å². The van der Waals surface area contributed by atoms with Crippen LogP contribution in [0.4, 0.5) is 0 Å². The van der Waals surface area contributed by atoms with Crippen LogP contribution < -0.4 is 0 Å². The van der Waals surface area contributed by atoms with E-state index in [9.17, 15) is 0 Å². The van der Waals surface area contributed by atoms with Crippen molar-refractivity contribution < 1.29 is 4.74 Å². The molecule has 1 atom stereocenters. The molecule has 1 unspecified atom stereocenters. The summed E-state index contributed by atoms with van der Waals surface area (Å²) in [5, 5.41) is 2.68. The molecular formula is C34H31NOS4. The number of aromatic nitrogens is 1. The van der Waals surface area contributed by atoms with Gasteiger partial charge >= 0.3 is 0 Å². The molecule has 2 nitrogen and oxygen atoms in total. The summed E-state index contributed by atoms with van der Waals surface area (Å²) in [5.74, 6) is 1.95. The number of ether oxygens (including phenoxy) is 1. The Morgan fingerprint density at radius 3 is 2.48 bits per heavy atom. The van der Waals surface area contributed by atoms with Crippen molar-refractivity contribution in [3.8, 4) is 11.1 Å². The number of benzene rings is 4. The average molecular weight is 598 g/mol. The normalized spacial score (nSPS) is 13.2. The highest BCUT2D eigenvalue weighted by molar-refractivity contribution is 8.01. The van der Waals surface area contributed by atoms with Crippen LogP contribution in [0.1, 0.15) is 13.3 Å². The molecule has 0 amide bonds. The lowest BCUT2D eigenvalue weighted by Crippen LogP contribution is -2.32. The van der Waals surface area contributed by atoms with Crippen LogP contribution in [0.2, 0.25) is 0 Å². The van der Waals surface area contributed by atoms with Gasteiger partial charge in [-0.15, -0.1) is 41.0 Å². The number of thiazole rings is 1. The van der Waals surface area contributed by atoms with Crippen molar-refractivity contribution in [2.75, 3.05) is 24.7 Å². The van der Waals surface area contributed by atoms with Crippen LogP contribution in [0.5, 0.6) is 0 Å². The molecule has 40 heavy (non-hydrogen) atoms. The minimum absolute atomic E-state index is 0.0255. The Labute approximate surface area is 252 Å². The van der Waals surface area contributed by atoms with Crippen LogP contribution in [-0.4, -0.2) is 29.7 Å². The highest BCUT2D eigenvalue weighted by Crippen LogP contribution is 2.42. The van der Waals surface area contributed by atoms with Gasteiger partial charge in [0.15, 0.2) is 4.34 Å². The zero-order valence-electron chi connectivity index (χ0n) is 22.5. The largest absolute Gasteiger partial charge is 0.377 e. The van der Waals surface area contributed by atoms with Gasteiger partial charge in [-0.3, -0.25) is 0 Å². The second-order valence-corrected chi connectivity index (χ2v) is 14.3. The van der Waals surface area contributed by atoms with Gasteiger partial charge in [0.25, 0.3) is 0 Å². The third-order valence-electron chi connectivity index (χ3n) is 7.26. The van der Waals surface area contributed by atoms with Gasteiger partial charge in [-0.25, -0.2) is 4.98 Å². The molecule has 4 aromatic carbocycles. The first-order chi connectivity index (χ1) is 19.7. The lowest BCUT2D eigenvalue weighted by molar-refractivity contribution is 0.0839. The van der Waals surface area contributed by atoms with Gasteiger partial charge < -0.3 is 4.74 Å². The fourth-order valence-electron chi connectivity index (χ4n) is 4.88. The summed E-state index contributed by atoms with van der Waals surface area (Å²) in [4.78, 5) is 6.16. The van der Waals surface area contributed by atoms with E-state index in [1.807, 2.05) is 40.9 Å². The molecule has 2 aromatic heterocycles. The fraction of sp³-hybridized carbons (Fsp3) is 0.206. The van der Waals surface area contributed by atoms with Gasteiger partial charge in [-0.2, -0.15) is 0 Å². The maximum Gasteiger partial charge on any atom is 0.151 e. The van der Waals surface area contributed by atoms with Gasteiger partial charge in [0, 0.05) is 42.0 Å². The Hall–Kier alpha value is -2.61. The third-order valence-corrected chi connectivity index (χ3v) is 12.4. The molecule has 0 aliphatic heterocycles. The van der Waals surface area contributed by atoms with E-state index in [0.717, 1.165) is 27.8 Å². The molecule has 6 aromatic rings. The maximum atomic E-state index is 6.08. The smallest absolute Gasteiger partial charge is 0.151 e. The molecular weight excluding hydrogens is 567 g/mol. The van der Waals surface area contributed by atoms with Crippen molar-refractivity contribution >= 4 is 76.6 Å². The molecule has 0 N–H and O–H groups in total. The van der Waals surface area contributed by atoms with E-state index in [0.29, 0.717) is 13.2 Å². The van der Waals surface area contributed by atoms with Crippen molar-refractivity contribution in [2.45, 2.75) is 22.6 Å². The first kappa shape index (κ1) is 27.6. The molecule has 202 valence electrons. The molecule has 2 heterocycles. The molecule has 6 rings (SSSR count). The number of hydrogen-bond donors (Lipinski definition) is 0. The Morgan fingerprint density at radius 1 is 0.850 bits per heavy atom. The second-order valence-electron chi connectivity index (χ2n) is 9.99. The van der Waals surface area contributed by atoms with Gasteiger partial charge in [-0.1, -0.05) is 85.4 Å². The Bertz CT molecular complexity index is 1740. The monoisotopic (exact) mass is 597 g/mol. The number of rotatable bonds is 12. The summed E-state index contributed by atoms with van der Waals surface area (Å²) in [6.07, 6.45) is 2.88. The predicted molar refractivity (Wildman–Crippen MR) is 180 cm³/mol. The first-order valence-corrected chi connectivity index (χ1v) is 17.1. The Kier molecular flexibility index (Phi) is 8.61. The second kappa shape index (κ2) is 12.5. The molecule has 0 saturated heterocycles. The van der Waals surface area contributed by atoms with Gasteiger partial charge in [-0.05, 0) is 47.9 Å². The van der Waals surface area contributed by atoms with Crippen LogP contribution in [0.15, 0.2) is 113 Å². The van der Waals surface area contributed by atoms with E-state index >= 15 is 0 Å². The first-order valence-electron chi connectivity index (χ1n) is 13.5. The number of thiophene rings is 1. The van der Waals surface area contributed by atoms with E-state index < -0.39 is 0 Å². The standard InChI is InChI=1S/C34H31NOS4/c1-3-19-36-21-34(4-2,23-38-33-35-29-16-6-8-18-31(29)40-33)22-37-25-12-9-11-24(20-25)26-14-10-15-28-27-13-5-7-17-30(27)39-32(26)28/h3,5-18,20H,1,4,19,21-23H2,2H3. The summed E-state index contributed by atoms with van der Waals surface area (Å²) in [6.45, 7) is 7.42. The van der Waals surface area contributed by atoms with Crippen LogP contribution in [0.3, 0.4) is 0 Å². The maximum absolute atomic E-state index is 6.08. The molecule has 0 fully saturated rings. The summed E-state index contributed by atoms with van der Waals surface area (Å²) in [5.41, 5.74) is 3.69. The summed E-state index contributed by atoms with van der Waals surface area (Å²) in [7, 11) is 0. The van der Waals surface area contributed by atoms with Gasteiger partial charge in [0.2, 0.25) is 0 Å². The van der Waals surface area contributed by atoms with Crippen LogP contribution >= 0.6 is 46.2 Å². The topological polar surface area (TPSA) is 22.1 Å². The number of fused-ring (bicyclic) bond motifs is 4. The third kappa shape index (κ3) is 5.88. The van der Waals surface area contributed by atoms with Crippen LogP contribution in [-0.2, 0) is 4.74 Å². The van der Waals surface area contributed by atoms with E-state index in [1.165, 1.54) is 40.9 Å². The lowest BCUT2D eigenvalue weighted by atomic mass is 9.91. The van der Waals surface area contributed by atoms with Crippen molar-refractivity contribution in [3.05, 3.63) is 104 Å². The molecule has 0 spiro atoms. The summed E-state index contributed by atoms with van der Waals surface area (Å²) in [6, 6.07) is 32.8. The summed E-state index contributed by atoms with van der Waals surface area (Å²) >= 11 is 7.47. The molecule has 0 aliphatic rings. The zero-order chi connectivity index (χ0) is 27.4. The van der Waals surface area contributed by atoms with E-state index in [-0.39, 0.29) is 5.41 Å². The fourth-order valence-corrected chi connectivity index (χ4v) is 9.86. The van der Waals surface area contributed by atoms with E-state index in [1.54, 1.807) is 11.3 Å². The number of nitrogens with zero attached hydrogens (tertiary/aromatic N) is 1. The van der Waals surface area contributed by atoms with Crippen molar-refractivity contribution in [3.63, 3.8) is 0 Å². The summed E-state index contributed by atoms with van der Waals surface area (Å²) < 4.78 is 11.2. The molecule has 6 heteroatoms. The molecule has 0 bridgehead atoms. The van der Waals surface area contributed by atoms with Crippen LogP contribution in [0.25, 0.3) is 41.5 Å². The zero-order valence-corrected chi connectivity index (χ0v) is 25.7. The average Bonchev–Trinajstić information content (AvgIpc) is 3.60. The Balaban J connectivity index is 1.23. The molecule has 0 aliphatic carbocycles. The number of para-hydroxylation sites is 1. The quantitative estimate of drug-likeness (QED) is 0.0795. The van der Waals surface area contributed by atoms with E-state index in [4.69, 9.17) is 9.72 Å². The Morgan fingerprint density at radius 2 is 1.62 bits per heavy atom. The SMILES string of the molecule is C=CCOCC(CC)(CSc1cccc(-c2cccc3c2sc2ccccc23)c1)CSc1nc2ccccc2s1. The lowest BCUT2D eigenvalue weighted by Gasteiger charge is -2.31. The highest BCUT2D eigenvalue weighted by Gasteiger charge is 2.30. The van der Waals surface area contributed by atoms with Crippen molar-refractivity contribution in [1.29, 1.82) is 0 Å². The van der Waals surface area contributed by atoms with Crippen LogP contribution in [0, 0.1) is 5.41 Å².